The lowest BCUT2D eigenvalue weighted by Crippen LogP contribution is -2.61. The third-order valence-corrected chi connectivity index (χ3v) is 14.5. The lowest BCUT2D eigenvalue weighted by Gasteiger charge is -2.45. The van der Waals surface area contributed by atoms with E-state index in [9.17, 15) is 0 Å². The standard InChI is InChI=1S/C58H41BN4/c1-36-28-30-39(31-29-36)63-51-33-32-40(60(37-16-6-4-7-17-37)38-18-8-5-9-19-38)34-44(51)45-35-52(61-49-26-12-10-20-41(49)42-21-11-13-27-50(42)61)53-43-22-14-23-46-55(43)62-56-47(58(46,2)3)24-15-25-48(56)59(63)54(45)57(53)62/h4-35H,1-3H3. The second-order valence-electron chi connectivity index (χ2n) is 18.2. The molecule has 14 rings (SSSR count). The van der Waals surface area contributed by atoms with Crippen LogP contribution >= 0.6 is 0 Å². The van der Waals surface area contributed by atoms with Crippen molar-refractivity contribution in [2.45, 2.75) is 26.2 Å². The van der Waals surface area contributed by atoms with Crippen LogP contribution in [0.15, 0.2) is 194 Å². The van der Waals surface area contributed by atoms with E-state index in [4.69, 9.17) is 0 Å². The predicted octanol–water partition coefficient (Wildman–Crippen LogP) is 13.5. The summed E-state index contributed by atoms with van der Waals surface area (Å²) >= 11 is 0. The molecule has 4 nitrogen and oxygen atoms in total. The van der Waals surface area contributed by atoms with Gasteiger partial charge in [0.1, 0.15) is 0 Å². The van der Waals surface area contributed by atoms with Gasteiger partial charge in [-0.2, -0.15) is 0 Å². The monoisotopic (exact) mass is 804 g/mol. The molecule has 0 spiro atoms. The summed E-state index contributed by atoms with van der Waals surface area (Å²) in [6, 6.07) is 72.5. The van der Waals surface area contributed by atoms with Crippen molar-refractivity contribution in [1.29, 1.82) is 0 Å². The van der Waals surface area contributed by atoms with Gasteiger partial charge in [-0.3, -0.25) is 0 Å². The summed E-state index contributed by atoms with van der Waals surface area (Å²) in [6.07, 6.45) is 0. The Labute approximate surface area is 366 Å². The molecule has 0 saturated heterocycles. The first-order valence-electron chi connectivity index (χ1n) is 22.1. The van der Waals surface area contributed by atoms with Crippen molar-refractivity contribution < 1.29 is 0 Å². The zero-order valence-corrected chi connectivity index (χ0v) is 35.3. The Morgan fingerprint density at radius 1 is 0.476 bits per heavy atom. The predicted molar refractivity (Wildman–Crippen MR) is 266 cm³/mol. The van der Waals surface area contributed by atoms with Crippen molar-refractivity contribution in [2.75, 3.05) is 9.71 Å². The van der Waals surface area contributed by atoms with Crippen LogP contribution in [0.2, 0.25) is 0 Å². The Kier molecular flexibility index (Phi) is 6.88. The highest BCUT2D eigenvalue weighted by molar-refractivity contribution is 6.93. The van der Waals surface area contributed by atoms with Gasteiger partial charge in [-0.05, 0) is 107 Å². The van der Waals surface area contributed by atoms with Gasteiger partial charge in [0.2, 0.25) is 0 Å². The molecule has 0 saturated carbocycles. The molecule has 0 atom stereocenters. The van der Waals surface area contributed by atoms with Crippen molar-refractivity contribution in [3.05, 3.63) is 211 Å². The summed E-state index contributed by atoms with van der Waals surface area (Å²) in [5.74, 6) is 0. The third kappa shape index (κ3) is 4.51. The van der Waals surface area contributed by atoms with Crippen molar-refractivity contribution in [1.82, 2.24) is 9.13 Å². The van der Waals surface area contributed by atoms with Gasteiger partial charge in [-0.15, -0.1) is 0 Å². The number of nitrogens with zero attached hydrogens (tertiary/aromatic N) is 4. The van der Waals surface area contributed by atoms with Crippen molar-refractivity contribution >= 4 is 89.8 Å². The Balaban J connectivity index is 1.19. The van der Waals surface area contributed by atoms with Crippen LogP contribution in [0, 0.1) is 6.92 Å². The van der Waals surface area contributed by atoms with Gasteiger partial charge in [0.15, 0.2) is 0 Å². The van der Waals surface area contributed by atoms with Gasteiger partial charge in [0, 0.05) is 66.6 Å². The number of fused-ring (bicyclic) bond motifs is 7. The molecule has 0 radical (unpaired) electrons. The van der Waals surface area contributed by atoms with E-state index in [0.29, 0.717) is 0 Å². The molecule has 0 amide bonds. The molecule has 3 aliphatic rings. The minimum atomic E-state index is -0.211. The van der Waals surface area contributed by atoms with Crippen LogP contribution in [-0.2, 0) is 5.41 Å². The number of hydrogen-bond donors (Lipinski definition) is 0. The molecule has 5 heterocycles. The molecule has 11 aromatic rings. The smallest absolute Gasteiger partial charge is 0.333 e. The molecule has 9 aromatic carbocycles. The zero-order valence-electron chi connectivity index (χ0n) is 35.3. The molecule has 0 unspecified atom stereocenters. The second-order valence-corrected chi connectivity index (χ2v) is 18.2. The first-order valence-corrected chi connectivity index (χ1v) is 22.1. The number of rotatable bonds is 5. The summed E-state index contributed by atoms with van der Waals surface area (Å²) in [5, 5.41) is 5.14. The van der Waals surface area contributed by atoms with Gasteiger partial charge in [-0.25, -0.2) is 0 Å². The van der Waals surface area contributed by atoms with E-state index in [1.54, 1.807) is 0 Å². The maximum absolute atomic E-state index is 2.69. The van der Waals surface area contributed by atoms with Crippen molar-refractivity contribution in [2.24, 2.45) is 0 Å². The van der Waals surface area contributed by atoms with Crippen LogP contribution in [0.4, 0.5) is 28.4 Å². The fraction of sp³-hybridized carbons (Fsp3) is 0.0690. The Morgan fingerprint density at radius 3 is 1.79 bits per heavy atom. The maximum atomic E-state index is 2.69. The van der Waals surface area contributed by atoms with Crippen LogP contribution < -0.4 is 20.6 Å². The van der Waals surface area contributed by atoms with Gasteiger partial charge in [0.05, 0.1) is 27.8 Å². The molecular weight excluding hydrogens is 763 g/mol. The summed E-state index contributed by atoms with van der Waals surface area (Å²) in [6.45, 7) is 6.96. The van der Waals surface area contributed by atoms with E-state index >= 15 is 0 Å². The quantitative estimate of drug-likeness (QED) is 0.161. The summed E-state index contributed by atoms with van der Waals surface area (Å²) in [5.41, 5.74) is 22.3. The average Bonchev–Trinajstić information content (AvgIpc) is 3.86. The molecule has 63 heavy (non-hydrogen) atoms. The Morgan fingerprint density at radius 2 is 1.10 bits per heavy atom. The molecule has 0 N–H and O–H groups in total. The molecule has 0 aliphatic carbocycles. The molecule has 296 valence electrons. The fourth-order valence-electron chi connectivity index (χ4n) is 11.8. The van der Waals surface area contributed by atoms with Crippen molar-refractivity contribution in [3.63, 3.8) is 0 Å². The van der Waals surface area contributed by atoms with Crippen LogP contribution in [-0.4, -0.2) is 16.0 Å². The minimum absolute atomic E-state index is 0.0702. The van der Waals surface area contributed by atoms with Gasteiger partial charge in [0.25, 0.3) is 0 Å². The number of aromatic nitrogens is 2. The zero-order chi connectivity index (χ0) is 41.7. The van der Waals surface area contributed by atoms with E-state index in [1.165, 1.54) is 105 Å². The van der Waals surface area contributed by atoms with Crippen LogP contribution in [0.5, 0.6) is 0 Å². The maximum Gasteiger partial charge on any atom is 0.333 e. The molecule has 5 heteroatoms. The van der Waals surface area contributed by atoms with Gasteiger partial charge < -0.3 is 18.8 Å². The van der Waals surface area contributed by atoms with Gasteiger partial charge in [-0.1, -0.05) is 141 Å². The fourth-order valence-corrected chi connectivity index (χ4v) is 11.8. The van der Waals surface area contributed by atoms with Gasteiger partial charge >= 0.3 is 6.85 Å². The SMILES string of the molecule is Cc1ccc(N2B3c4cccc5c4-n4c6c(cccc6c6c(-n7c8ccccc8c8ccccc87)cc(c3c64)-c3cc(N(c4ccccc4)c4ccccc4)ccc32)C5(C)C)cc1. The molecule has 0 bridgehead atoms. The van der Waals surface area contributed by atoms with Crippen molar-refractivity contribution in [3.8, 4) is 22.5 Å². The first kappa shape index (κ1) is 34.9. The number of para-hydroxylation sites is 6. The average molecular weight is 805 g/mol. The largest absolute Gasteiger partial charge is 0.376 e. The van der Waals surface area contributed by atoms with E-state index in [0.717, 1.165) is 17.1 Å². The highest BCUT2D eigenvalue weighted by Crippen LogP contribution is 2.53. The lowest BCUT2D eigenvalue weighted by molar-refractivity contribution is 0.631. The lowest BCUT2D eigenvalue weighted by atomic mass is 9.43. The number of anilines is 5. The second kappa shape index (κ2) is 12.4. The van der Waals surface area contributed by atoms with Crippen LogP contribution in [0.1, 0.15) is 30.5 Å². The Bertz CT molecular complexity index is 3640. The third-order valence-electron chi connectivity index (χ3n) is 14.5. The van der Waals surface area contributed by atoms with E-state index in [-0.39, 0.29) is 12.3 Å². The van der Waals surface area contributed by atoms with E-state index in [1.807, 2.05) is 0 Å². The molecular formula is C58H41BN4. The first-order chi connectivity index (χ1) is 31.0. The highest BCUT2D eigenvalue weighted by atomic mass is 15.2. The topological polar surface area (TPSA) is 16.3 Å². The number of benzene rings is 9. The van der Waals surface area contributed by atoms with Crippen LogP contribution in [0.25, 0.3) is 66.1 Å². The summed E-state index contributed by atoms with van der Waals surface area (Å²) < 4.78 is 5.25. The molecule has 3 aliphatic heterocycles. The molecule has 2 aromatic heterocycles. The summed E-state index contributed by atoms with van der Waals surface area (Å²) in [7, 11) is 0. The van der Waals surface area contributed by atoms with E-state index < -0.39 is 0 Å². The number of aryl methyl sites for hydroxylation is 1. The number of hydrogen-bond acceptors (Lipinski definition) is 2. The van der Waals surface area contributed by atoms with E-state index in [2.05, 4.69) is 234 Å². The Hall–Kier alpha value is -7.76. The normalized spacial score (nSPS) is 14.0. The minimum Gasteiger partial charge on any atom is -0.376 e. The highest BCUT2D eigenvalue weighted by Gasteiger charge is 2.48. The van der Waals surface area contributed by atoms with Crippen LogP contribution in [0.3, 0.4) is 0 Å². The summed E-state index contributed by atoms with van der Waals surface area (Å²) in [4.78, 5) is 5.04. The molecule has 0 fully saturated rings.